The average molecular weight is 489 g/mol. The number of imidazole rings is 1. The fourth-order valence-electron chi connectivity index (χ4n) is 4.72. The van der Waals surface area contributed by atoms with Crippen LogP contribution in [0, 0.1) is 0 Å². The third-order valence-electron chi connectivity index (χ3n) is 6.73. The molecule has 186 valence electrons. The molecule has 3 heterocycles. The first-order valence-electron chi connectivity index (χ1n) is 12.4. The molecule has 1 saturated carbocycles. The first-order chi connectivity index (χ1) is 16.5. The lowest BCUT2D eigenvalue weighted by Gasteiger charge is -2.31. The first-order valence-corrected chi connectivity index (χ1v) is 12.7. The van der Waals surface area contributed by atoms with Crippen LogP contribution in [-0.4, -0.2) is 84.1 Å². The molecule has 1 aliphatic carbocycles. The Hall–Kier alpha value is -2.30. The summed E-state index contributed by atoms with van der Waals surface area (Å²) in [5.41, 5.74) is 2.22. The van der Waals surface area contributed by atoms with E-state index in [0.29, 0.717) is 23.5 Å². The minimum atomic E-state index is 0.187. The van der Waals surface area contributed by atoms with Crippen LogP contribution in [0.2, 0.25) is 5.28 Å². The summed E-state index contributed by atoms with van der Waals surface area (Å²) in [6.07, 6.45) is 12.9. The molecule has 0 unspecified atom stereocenters. The van der Waals surface area contributed by atoms with Crippen molar-refractivity contribution in [2.75, 3.05) is 39.0 Å². The Balaban J connectivity index is 1.15. The highest BCUT2D eigenvalue weighted by Gasteiger charge is 2.17. The molecule has 0 radical (unpaired) electrons. The number of hydrogen-bond acceptors (Lipinski definition) is 8. The summed E-state index contributed by atoms with van der Waals surface area (Å²) in [5, 5.41) is 12.0. The lowest BCUT2D eigenvalue weighted by atomic mass is 9.94. The van der Waals surface area contributed by atoms with Crippen molar-refractivity contribution < 1.29 is 0 Å². The largest absolute Gasteiger partial charge is 0.362 e. The van der Waals surface area contributed by atoms with E-state index < -0.39 is 0 Å². The number of nitrogens with zero attached hydrogens (tertiary/aromatic N) is 9. The highest BCUT2D eigenvalue weighted by molar-refractivity contribution is 6.28. The molecule has 11 heteroatoms. The molecule has 3 aromatic heterocycles. The van der Waals surface area contributed by atoms with Crippen LogP contribution in [0.3, 0.4) is 0 Å². The maximum atomic E-state index is 6.06. The van der Waals surface area contributed by atoms with Gasteiger partial charge in [0.25, 0.3) is 0 Å². The van der Waals surface area contributed by atoms with Crippen LogP contribution in [0.25, 0.3) is 11.2 Å². The monoisotopic (exact) mass is 488 g/mol. The molecule has 0 aliphatic heterocycles. The van der Waals surface area contributed by atoms with Crippen molar-refractivity contribution >= 4 is 28.6 Å². The summed E-state index contributed by atoms with van der Waals surface area (Å²) in [6, 6.07) is 0.802. The van der Waals surface area contributed by atoms with E-state index in [1.165, 1.54) is 45.1 Å². The minimum absolute atomic E-state index is 0.187. The summed E-state index contributed by atoms with van der Waals surface area (Å²) in [7, 11) is 6.38. The molecule has 0 bridgehead atoms. The van der Waals surface area contributed by atoms with Crippen molar-refractivity contribution in [1.29, 1.82) is 0 Å². The van der Waals surface area contributed by atoms with Crippen LogP contribution in [0.1, 0.15) is 50.6 Å². The van der Waals surface area contributed by atoms with Crippen LogP contribution < -0.4 is 5.32 Å². The van der Waals surface area contributed by atoms with Gasteiger partial charge in [-0.15, -0.1) is 5.10 Å². The van der Waals surface area contributed by atoms with E-state index in [1.807, 2.05) is 22.5 Å². The second-order valence-electron chi connectivity index (χ2n) is 9.48. The number of halogens is 1. The van der Waals surface area contributed by atoms with E-state index in [9.17, 15) is 0 Å². The van der Waals surface area contributed by atoms with Gasteiger partial charge in [0.05, 0.1) is 19.1 Å². The topological polar surface area (TPSA) is 92.8 Å². The summed E-state index contributed by atoms with van der Waals surface area (Å²) in [4.78, 5) is 17.9. The third-order valence-corrected chi connectivity index (χ3v) is 6.90. The maximum Gasteiger partial charge on any atom is 0.226 e. The molecular weight excluding hydrogens is 452 g/mol. The molecule has 34 heavy (non-hydrogen) atoms. The Morgan fingerprint density at radius 3 is 2.71 bits per heavy atom. The van der Waals surface area contributed by atoms with E-state index in [0.717, 1.165) is 37.8 Å². The quantitative estimate of drug-likeness (QED) is 0.388. The van der Waals surface area contributed by atoms with Gasteiger partial charge in [0.1, 0.15) is 5.69 Å². The Morgan fingerprint density at radius 2 is 1.88 bits per heavy atom. The molecule has 10 nitrogen and oxygen atoms in total. The van der Waals surface area contributed by atoms with E-state index in [2.05, 4.69) is 54.5 Å². The van der Waals surface area contributed by atoms with Crippen molar-refractivity contribution in [3.05, 3.63) is 23.5 Å². The van der Waals surface area contributed by atoms with Gasteiger partial charge in [0, 0.05) is 19.6 Å². The summed E-state index contributed by atoms with van der Waals surface area (Å²) < 4.78 is 3.72. The standard InChI is InChI=1S/C23H37ClN10/c1-31(11-7-13-32(2)19-9-5-4-6-10-19)12-8-14-34-16-18(29-30-34)15-25-21-20-22(28-23(24)27-21)33(3)17-26-20/h16-17,19H,4-15H2,1-3H3,(H,25,27,28). The molecule has 3 aromatic rings. The molecule has 1 N–H and O–H groups in total. The predicted octanol–water partition coefficient (Wildman–Crippen LogP) is 3.20. The van der Waals surface area contributed by atoms with Gasteiger partial charge in [-0.25, -0.2) is 4.98 Å². The van der Waals surface area contributed by atoms with Gasteiger partial charge in [0.2, 0.25) is 5.28 Å². The third kappa shape index (κ3) is 6.64. The van der Waals surface area contributed by atoms with E-state index in [-0.39, 0.29) is 5.28 Å². The smallest absolute Gasteiger partial charge is 0.226 e. The summed E-state index contributed by atoms with van der Waals surface area (Å²) >= 11 is 6.06. The number of hydrogen-bond donors (Lipinski definition) is 1. The zero-order chi connectivity index (χ0) is 23.9. The van der Waals surface area contributed by atoms with Crippen LogP contribution >= 0.6 is 11.6 Å². The van der Waals surface area contributed by atoms with Crippen molar-refractivity contribution in [3.8, 4) is 0 Å². The van der Waals surface area contributed by atoms with Crippen molar-refractivity contribution in [2.24, 2.45) is 7.05 Å². The molecule has 0 amide bonds. The van der Waals surface area contributed by atoms with E-state index >= 15 is 0 Å². The predicted molar refractivity (Wildman–Crippen MR) is 135 cm³/mol. The number of aryl methyl sites for hydroxylation is 2. The molecule has 0 saturated heterocycles. The number of anilines is 1. The van der Waals surface area contributed by atoms with Crippen LogP contribution in [0.4, 0.5) is 5.82 Å². The highest BCUT2D eigenvalue weighted by Crippen LogP contribution is 2.22. The van der Waals surface area contributed by atoms with Crippen molar-refractivity contribution in [2.45, 2.75) is 64.1 Å². The van der Waals surface area contributed by atoms with Gasteiger partial charge in [-0.3, -0.25) is 4.68 Å². The molecule has 0 aromatic carbocycles. The summed E-state index contributed by atoms with van der Waals surface area (Å²) in [5.74, 6) is 0.598. The Morgan fingerprint density at radius 1 is 1.09 bits per heavy atom. The summed E-state index contributed by atoms with van der Waals surface area (Å²) in [6.45, 7) is 4.72. The fraction of sp³-hybridized carbons (Fsp3) is 0.696. The Labute approximate surface area is 206 Å². The Bertz CT molecular complexity index is 1040. The van der Waals surface area contributed by atoms with Crippen LogP contribution in [0.5, 0.6) is 0 Å². The van der Waals surface area contributed by atoms with Gasteiger partial charge < -0.3 is 19.7 Å². The minimum Gasteiger partial charge on any atom is -0.362 e. The number of rotatable bonds is 12. The lowest BCUT2D eigenvalue weighted by molar-refractivity contribution is 0.181. The highest BCUT2D eigenvalue weighted by atomic mass is 35.5. The number of fused-ring (bicyclic) bond motifs is 1. The molecule has 1 fully saturated rings. The zero-order valence-corrected chi connectivity index (χ0v) is 21.4. The maximum absolute atomic E-state index is 6.06. The fourth-order valence-corrected chi connectivity index (χ4v) is 4.88. The Kier molecular flexibility index (Phi) is 8.69. The van der Waals surface area contributed by atoms with Gasteiger partial charge in [0.15, 0.2) is 17.0 Å². The number of nitrogens with one attached hydrogen (secondary N) is 1. The molecular formula is C23H37ClN10. The second-order valence-corrected chi connectivity index (χ2v) is 9.82. The van der Waals surface area contributed by atoms with Crippen LogP contribution in [0.15, 0.2) is 12.5 Å². The normalized spacial score (nSPS) is 15.1. The SMILES string of the molecule is CN(CCCN(C)C1CCCCC1)CCCn1cc(CNc2nc(Cl)nc3c2ncn3C)nn1. The molecule has 0 spiro atoms. The molecule has 4 rings (SSSR count). The van der Waals surface area contributed by atoms with Gasteiger partial charge in [-0.05, 0) is 71.0 Å². The van der Waals surface area contributed by atoms with Crippen LogP contribution in [-0.2, 0) is 20.1 Å². The first kappa shape index (κ1) is 24.8. The van der Waals surface area contributed by atoms with E-state index in [4.69, 9.17) is 11.6 Å². The zero-order valence-electron chi connectivity index (χ0n) is 20.6. The number of aromatic nitrogens is 7. The van der Waals surface area contributed by atoms with Crippen molar-refractivity contribution in [3.63, 3.8) is 0 Å². The van der Waals surface area contributed by atoms with Gasteiger partial charge in [-0.2, -0.15) is 9.97 Å². The lowest BCUT2D eigenvalue weighted by Crippen LogP contribution is -2.35. The van der Waals surface area contributed by atoms with Gasteiger partial charge >= 0.3 is 0 Å². The van der Waals surface area contributed by atoms with Gasteiger partial charge in [-0.1, -0.05) is 24.5 Å². The second kappa shape index (κ2) is 11.9. The molecule has 1 aliphatic rings. The molecule has 0 atom stereocenters. The van der Waals surface area contributed by atoms with E-state index in [1.54, 1.807) is 6.33 Å². The average Bonchev–Trinajstić information content (AvgIpc) is 3.44. The van der Waals surface area contributed by atoms with Crippen molar-refractivity contribution in [1.82, 2.24) is 44.3 Å².